The first-order valence-corrected chi connectivity index (χ1v) is 33.8. The number of morpholine rings is 1. The molecule has 1 atom stereocenters. The molecule has 0 saturated carbocycles. The van der Waals surface area contributed by atoms with E-state index in [1.165, 1.54) is 173 Å². The van der Waals surface area contributed by atoms with Crippen LogP contribution in [0.1, 0.15) is 224 Å². The zero-order valence-corrected chi connectivity index (χ0v) is 53.4. The molecule has 0 spiro atoms. The summed E-state index contributed by atoms with van der Waals surface area (Å²) in [6.07, 6.45) is 25.5. The van der Waals surface area contributed by atoms with Gasteiger partial charge in [0.25, 0.3) is 0 Å². The van der Waals surface area contributed by atoms with Gasteiger partial charge in [0.15, 0.2) is 15.4 Å². The van der Waals surface area contributed by atoms with Crippen LogP contribution >= 0.6 is 0 Å². The number of carbonyl (C=O) groups excluding carboxylic acids is 3. The largest absolute Gasteiger partial charge is 0.748 e. The molecule has 476 valence electrons. The topological polar surface area (TPSA) is 229 Å². The number of hydrogen-bond donors (Lipinski definition) is 3. The summed E-state index contributed by atoms with van der Waals surface area (Å²) < 4.78 is 99.5. The third-order valence-electron chi connectivity index (χ3n) is 13.1. The molecule has 0 aliphatic carbocycles. The highest BCUT2D eigenvalue weighted by atomic mass is 32.2. The molecule has 2 aliphatic heterocycles. The summed E-state index contributed by atoms with van der Waals surface area (Å²) >= 11 is 0. The Morgan fingerprint density at radius 2 is 0.987 bits per heavy atom. The van der Waals surface area contributed by atoms with Gasteiger partial charge in [0.05, 0.1) is 80.1 Å². The van der Waals surface area contributed by atoms with Crippen molar-refractivity contribution in [1.29, 1.82) is 0 Å². The van der Waals surface area contributed by atoms with Gasteiger partial charge in [-0.1, -0.05) is 137 Å². The lowest BCUT2D eigenvalue weighted by molar-refractivity contribution is -0.900. The van der Waals surface area contributed by atoms with E-state index in [-0.39, 0.29) is 37.5 Å². The summed E-state index contributed by atoms with van der Waals surface area (Å²) in [6, 6.07) is 0. The molecule has 0 radical (unpaired) electrons. The monoisotopic (exact) mass is 1190 g/mol. The molecule has 17 nitrogen and oxygen atoms in total. The average molecular weight is 1190 g/mol. The van der Waals surface area contributed by atoms with Gasteiger partial charge >= 0.3 is 18.2 Å². The molecule has 0 aromatic heterocycles. The Labute approximate surface area is 479 Å². The highest BCUT2D eigenvalue weighted by Crippen LogP contribution is 2.29. The zero-order valence-electron chi connectivity index (χ0n) is 51.8. The Bertz CT molecular complexity index is 1630. The predicted molar refractivity (Wildman–Crippen MR) is 309 cm³/mol. The highest BCUT2D eigenvalue weighted by Gasteiger charge is 2.51. The van der Waals surface area contributed by atoms with E-state index in [1.807, 2.05) is 4.90 Å². The number of aliphatic carboxylic acids is 1. The van der Waals surface area contributed by atoms with Gasteiger partial charge in [-0.05, 0) is 80.6 Å². The number of aliphatic hydroxyl groups is 1. The van der Waals surface area contributed by atoms with E-state index in [1.54, 1.807) is 25.7 Å². The van der Waals surface area contributed by atoms with Crippen LogP contribution in [0.25, 0.3) is 0 Å². The summed E-state index contributed by atoms with van der Waals surface area (Å²) in [5.74, 6) is -2.51. The van der Waals surface area contributed by atoms with Crippen molar-refractivity contribution in [3.8, 4) is 0 Å². The van der Waals surface area contributed by atoms with Crippen LogP contribution in [0.2, 0.25) is 0 Å². The maximum atomic E-state index is 11.8. The van der Waals surface area contributed by atoms with Gasteiger partial charge < -0.3 is 48.5 Å². The third kappa shape index (κ3) is 58.7. The fraction of sp³-hybridized carbons (Fsp3) is 0.947. The normalized spacial score (nSPS) is 15.3. The number of rotatable bonds is 33. The van der Waals surface area contributed by atoms with Crippen LogP contribution in [0.15, 0.2) is 0 Å². The minimum absolute atomic E-state index is 0.0250. The Morgan fingerprint density at radius 1 is 0.620 bits per heavy atom. The van der Waals surface area contributed by atoms with Crippen molar-refractivity contribution >= 4 is 38.0 Å². The molecule has 2 saturated heterocycles. The average Bonchev–Trinajstić information content (AvgIpc) is 3.36. The van der Waals surface area contributed by atoms with Crippen LogP contribution < -0.4 is 14.9 Å². The van der Waals surface area contributed by atoms with E-state index >= 15 is 0 Å². The molecule has 0 bridgehead atoms. The Kier molecular flexibility index (Phi) is 54.0. The Balaban J connectivity index is -0.000000469. The number of esters is 1. The minimum atomic E-state index is -5.19. The number of alkyl halides is 3. The number of carboxylic acid groups (broad SMARTS) is 1. The number of ether oxygens (including phenoxy) is 3. The maximum absolute atomic E-state index is 11.8. The molecule has 0 aromatic carbocycles. The van der Waals surface area contributed by atoms with Gasteiger partial charge in [0.1, 0.15) is 12.2 Å². The zero-order chi connectivity index (χ0) is 61.2. The standard InChI is InChI=1S/C24H47NO3.C13H29N.C9H17NO4S.C6H15N.C4H5F3O3.CH4O3S/c1-2-3-4-5-6-7-8-9-10-11-12-13-14-15-16-17-24(26)28-23-20-25-18-21-27-22-19-25;1-4-7-10-13-14(11-8-5-2)12-9-6-3;1-9(2,3)14-8(11)10-4-6-15(12,13)7-5-10;1-4-7(5-2)6-3;1-3(10,2(8)9)4(5,6)7;1-5(2,3)4/h2-23H2,1H3;4-13H2,1-3H3;4-7H2,1-3H3;4-6H2,1-3H3;10H,1H3,(H,8,9);1H3,(H,2,3,4). The second kappa shape index (κ2) is 51.3. The maximum Gasteiger partial charge on any atom is 0.422 e. The molecule has 79 heavy (non-hydrogen) atoms. The van der Waals surface area contributed by atoms with Crippen molar-refractivity contribution in [3.63, 3.8) is 0 Å². The summed E-state index contributed by atoms with van der Waals surface area (Å²) in [5, 5.41) is 17.7. The number of unbranched alkanes of at least 4 members (excludes halogenated alkanes) is 18. The van der Waals surface area contributed by atoms with E-state index in [0.29, 0.717) is 19.3 Å². The van der Waals surface area contributed by atoms with Crippen LogP contribution in [0, 0.1) is 0 Å². The number of nitrogens with one attached hydrogen (secondary N) is 2. The molecule has 3 N–H and O–H groups in total. The number of hydrogen-bond acceptors (Lipinski definition) is 14. The number of amides is 1. The van der Waals surface area contributed by atoms with Gasteiger partial charge in [-0.3, -0.25) is 9.69 Å². The van der Waals surface area contributed by atoms with Crippen LogP contribution in [0.5, 0.6) is 0 Å². The first-order valence-electron chi connectivity index (χ1n) is 30.1. The predicted octanol–water partition coefficient (Wildman–Crippen LogP) is 7.58. The van der Waals surface area contributed by atoms with Crippen molar-refractivity contribution < 1.29 is 83.2 Å². The summed E-state index contributed by atoms with van der Waals surface area (Å²) in [6.45, 7) is 34.7. The number of nitrogens with zero attached hydrogens (tertiary/aromatic N) is 2. The smallest absolute Gasteiger partial charge is 0.422 e. The molecule has 2 rings (SSSR count). The second-order valence-corrected chi connectivity index (χ2v) is 25.5. The number of carboxylic acids is 1. The van der Waals surface area contributed by atoms with Gasteiger partial charge in [-0.2, -0.15) is 13.2 Å². The quantitative estimate of drug-likeness (QED) is 0.0327. The minimum Gasteiger partial charge on any atom is -0.748 e. The molecule has 2 aliphatic rings. The van der Waals surface area contributed by atoms with Gasteiger partial charge in [0.2, 0.25) is 0 Å². The Hall–Kier alpha value is -2.34. The van der Waals surface area contributed by atoms with Crippen LogP contribution in [-0.2, 0) is 43.8 Å². The fourth-order valence-electron chi connectivity index (χ4n) is 7.77. The van der Waals surface area contributed by atoms with Gasteiger partial charge in [-0.15, -0.1) is 0 Å². The van der Waals surface area contributed by atoms with Gasteiger partial charge in [-0.25, -0.2) is 21.6 Å². The molecular weight excluding hydrogens is 1070 g/mol. The molecule has 2 heterocycles. The highest BCUT2D eigenvalue weighted by molar-refractivity contribution is 7.91. The lowest BCUT2D eigenvalue weighted by Gasteiger charge is -2.29. The van der Waals surface area contributed by atoms with E-state index in [4.69, 9.17) is 32.3 Å². The molecule has 2 fully saturated rings. The summed E-state index contributed by atoms with van der Waals surface area (Å²) in [5.41, 5.74) is -4.29. The van der Waals surface area contributed by atoms with Crippen LogP contribution in [-0.4, -0.2) is 181 Å². The van der Waals surface area contributed by atoms with Gasteiger partial charge in [0, 0.05) is 45.4 Å². The first kappa shape index (κ1) is 83.1. The molecular formula is C57H117F3N4O13S2. The van der Waals surface area contributed by atoms with E-state index in [9.17, 15) is 41.1 Å². The molecule has 0 aromatic rings. The third-order valence-corrected chi connectivity index (χ3v) is 14.7. The van der Waals surface area contributed by atoms with Crippen molar-refractivity contribution in [2.45, 2.75) is 241 Å². The molecule has 1 unspecified atom stereocenters. The van der Waals surface area contributed by atoms with Crippen molar-refractivity contribution in [2.24, 2.45) is 0 Å². The number of carbonyl (C=O) groups is 3. The van der Waals surface area contributed by atoms with Crippen molar-refractivity contribution in [3.05, 3.63) is 0 Å². The first-order chi connectivity index (χ1) is 36.9. The number of halogens is 3. The second-order valence-electron chi connectivity index (χ2n) is 21.8. The lowest BCUT2D eigenvalue weighted by atomic mass is 10.0. The van der Waals surface area contributed by atoms with Crippen molar-refractivity contribution in [1.82, 2.24) is 9.80 Å². The molecule has 22 heteroatoms. The van der Waals surface area contributed by atoms with Crippen molar-refractivity contribution in [2.75, 3.05) is 110 Å². The summed E-state index contributed by atoms with van der Waals surface area (Å²) in [7, 11) is -6.86. The fourth-order valence-corrected chi connectivity index (χ4v) is 8.97. The SMILES string of the molecule is CC(C)(C)OC(=O)N1CCS(=O)(=O)CC1.CC(O)(C(=O)[O-])C(F)(F)F.CCCCCCCCCCCCCCCCCC(=O)OCCN1CCOCC1.CCCCC[NH+](CCCC)CCCC.CC[NH+](CC)CC.CS(=O)(=O)[O-]. The van der Waals surface area contributed by atoms with Crippen LogP contribution in [0.4, 0.5) is 18.0 Å². The Morgan fingerprint density at radius 3 is 1.32 bits per heavy atom. The van der Waals surface area contributed by atoms with E-state index in [0.717, 1.165) is 45.7 Å². The van der Waals surface area contributed by atoms with E-state index in [2.05, 4.69) is 53.4 Å². The van der Waals surface area contributed by atoms with Crippen LogP contribution in [0.3, 0.4) is 0 Å². The van der Waals surface area contributed by atoms with E-state index < -0.39 is 49.4 Å². The lowest BCUT2D eigenvalue weighted by Crippen LogP contribution is -3.12. The number of sulfone groups is 1. The summed E-state index contributed by atoms with van der Waals surface area (Å²) in [4.78, 5) is 40.1. The number of quaternary nitrogens is 2. The molecule has 1 amide bonds.